The number of rotatable bonds is 7. The van der Waals surface area contributed by atoms with Crippen LogP contribution in [0.2, 0.25) is 5.02 Å². The SMILES string of the molecule is CC(O)(CO)Cc1cc(-c2cc(-c3ccc(NS(C)(=O)=O)cc3Cl)cs2)ccn1. The number of thiophene rings is 1. The third-order valence-corrected chi connectivity index (χ3v) is 6.08. The first-order valence-corrected chi connectivity index (χ1v) is 11.9. The van der Waals surface area contributed by atoms with Crippen LogP contribution in [0.1, 0.15) is 12.6 Å². The molecule has 3 aromatic rings. The Labute approximate surface area is 178 Å². The minimum absolute atomic E-state index is 0.246. The zero-order valence-corrected chi connectivity index (χ0v) is 18.3. The lowest BCUT2D eigenvalue weighted by atomic mass is 10.00. The fourth-order valence-corrected chi connectivity index (χ4v) is 4.58. The van der Waals surface area contributed by atoms with Gasteiger partial charge in [0.15, 0.2) is 0 Å². The number of hydrogen-bond donors (Lipinski definition) is 3. The maximum absolute atomic E-state index is 11.4. The Morgan fingerprint density at radius 3 is 2.62 bits per heavy atom. The van der Waals surface area contributed by atoms with Crippen molar-refractivity contribution in [3.05, 3.63) is 58.7 Å². The fraction of sp³-hybridized carbons (Fsp3) is 0.250. The number of halogens is 1. The molecule has 0 aliphatic heterocycles. The van der Waals surface area contributed by atoms with E-state index in [0.717, 1.165) is 27.8 Å². The van der Waals surface area contributed by atoms with E-state index in [2.05, 4.69) is 9.71 Å². The van der Waals surface area contributed by atoms with Crippen LogP contribution in [-0.2, 0) is 16.4 Å². The number of nitrogens with one attached hydrogen (secondary N) is 1. The minimum atomic E-state index is -3.37. The van der Waals surface area contributed by atoms with Gasteiger partial charge in [0.2, 0.25) is 10.0 Å². The Kier molecular flexibility index (Phi) is 6.30. The van der Waals surface area contributed by atoms with E-state index in [-0.39, 0.29) is 13.0 Å². The lowest BCUT2D eigenvalue weighted by Crippen LogP contribution is -2.31. The van der Waals surface area contributed by atoms with Crippen molar-refractivity contribution in [2.24, 2.45) is 0 Å². The molecule has 1 atom stereocenters. The third kappa shape index (κ3) is 5.77. The number of sulfonamides is 1. The van der Waals surface area contributed by atoms with E-state index < -0.39 is 15.6 Å². The molecule has 0 saturated carbocycles. The van der Waals surface area contributed by atoms with Gasteiger partial charge in [-0.1, -0.05) is 17.7 Å². The minimum Gasteiger partial charge on any atom is -0.393 e. The van der Waals surface area contributed by atoms with Crippen LogP contribution in [-0.4, -0.2) is 42.1 Å². The standard InChI is InChI=1S/C20H21ClN2O4S2/c1-20(25,12-24)10-16-7-13(5-6-22-16)19-8-14(11-28-19)17-4-3-15(9-18(17)21)23-29(2,26)27/h3-9,11,23-25H,10,12H2,1-2H3. The Morgan fingerprint density at radius 1 is 1.21 bits per heavy atom. The summed E-state index contributed by atoms with van der Waals surface area (Å²) in [5.41, 5.74) is 2.54. The predicted octanol–water partition coefficient (Wildman–Crippen LogP) is 3.79. The van der Waals surface area contributed by atoms with Crippen molar-refractivity contribution in [1.82, 2.24) is 4.98 Å². The highest BCUT2D eigenvalue weighted by atomic mass is 35.5. The summed E-state index contributed by atoms with van der Waals surface area (Å²) < 4.78 is 25.2. The number of aliphatic hydroxyl groups is 2. The van der Waals surface area contributed by atoms with E-state index >= 15 is 0 Å². The number of nitrogens with zero attached hydrogens (tertiary/aromatic N) is 1. The third-order valence-electron chi connectivity index (χ3n) is 4.19. The van der Waals surface area contributed by atoms with Crippen molar-refractivity contribution in [2.75, 3.05) is 17.6 Å². The van der Waals surface area contributed by atoms with Crippen molar-refractivity contribution in [3.63, 3.8) is 0 Å². The molecule has 0 bridgehead atoms. The Hall–Kier alpha value is -1.97. The van der Waals surface area contributed by atoms with Gasteiger partial charge in [-0.15, -0.1) is 11.3 Å². The maximum atomic E-state index is 11.4. The topological polar surface area (TPSA) is 99.5 Å². The number of pyridine rings is 1. The molecular weight excluding hydrogens is 432 g/mol. The smallest absolute Gasteiger partial charge is 0.229 e. The summed E-state index contributed by atoms with van der Waals surface area (Å²) in [6.45, 7) is 1.22. The number of aromatic nitrogens is 1. The molecule has 0 fully saturated rings. The van der Waals surface area contributed by atoms with Crippen LogP contribution in [0.5, 0.6) is 0 Å². The van der Waals surface area contributed by atoms with Crippen molar-refractivity contribution >= 4 is 38.6 Å². The van der Waals surface area contributed by atoms with Gasteiger partial charge in [-0.25, -0.2) is 8.42 Å². The first-order chi connectivity index (χ1) is 13.6. The maximum Gasteiger partial charge on any atom is 0.229 e. The van der Waals surface area contributed by atoms with Gasteiger partial charge in [0.1, 0.15) is 0 Å². The lowest BCUT2D eigenvalue weighted by molar-refractivity contribution is 0.00160. The van der Waals surface area contributed by atoms with E-state index in [1.54, 1.807) is 42.7 Å². The molecule has 0 spiro atoms. The highest BCUT2D eigenvalue weighted by Crippen LogP contribution is 2.37. The molecular formula is C20H21ClN2O4S2. The Morgan fingerprint density at radius 2 is 1.97 bits per heavy atom. The molecule has 0 radical (unpaired) electrons. The number of hydrogen-bond acceptors (Lipinski definition) is 6. The van der Waals surface area contributed by atoms with Crippen molar-refractivity contribution in [2.45, 2.75) is 18.9 Å². The monoisotopic (exact) mass is 452 g/mol. The van der Waals surface area contributed by atoms with Crippen LogP contribution in [0.3, 0.4) is 0 Å². The van der Waals surface area contributed by atoms with Crippen molar-refractivity contribution in [1.29, 1.82) is 0 Å². The zero-order chi connectivity index (χ0) is 21.2. The van der Waals surface area contributed by atoms with Crippen LogP contribution in [0.15, 0.2) is 48.0 Å². The molecule has 0 aliphatic carbocycles. The summed E-state index contributed by atoms with van der Waals surface area (Å²) >= 11 is 7.91. The molecule has 3 N–H and O–H groups in total. The summed E-state index contributed by atoms with van der Waals surface area (Å²) in [4.78, 5) is 5.27. The quantitative estimate of drug-likeness (QED) is 0.506. The van der Waals surface area contributed by atoms with E-state index in [0.29, 0.717) is 16.4 Å². The van der Waals surface area contributed by atoms with Crippen LogP contribution < -0.4 is 4.72 Å². The van der Waals surface area contributed by atoms with Gasteiger partial charge >= 0.3 is 0 Å². The first-order valence-electron chi connectivity index (χ1n) is 8.71. The molecule has 154 valence electrons. The molecule has 3 rings (SSSR count). The van der Waals surface area contributed by atoms with E-state index in [1.165, 1.54) is 0 Å². The van der Waals surface area contributed by atoms with Crippen LogP contribution >= 0.6 is 22.9 Å². The largest absolute Gasteiger partial charge is 0.393 e. The second-order valence-electron chi connectivity index (χ2n) is 7.14. The summed E-state index contributed by atoms with van der Waals surface area (Å²) in [6, 6.07) is 10.8. The summed E-state index contributed by atoms with van der Waals surface area (Å²) in [5.74, 6) is 0. The molecule has 2 aromatic heterocycles. The van der Waals surface area contributed by atoms with E-state index in [9.17, 15) is 18.6 Å². The molecule has 1 unspecified atom stereocenters. The van der Waals surface area contributed by atoms with Gasteiger partial charge < -0.3 is 10.2 Å². The van der Waals surface area contributed by atoms with Crippen LogP contribution in [0.25, 0.3) is 21.6 Å². The van der Waals surface area contributed by atoms with Gasteiger partial charge in [-0.05, 0) is 53.8 Å². The van der Waals surface area contributed by atoms with Gasteiger partial charge in [-0.3, -0.25) is 9.71 Å². The molecule has 0 saturated heterocycles. The molecule has 29 heavy (non-hydrogen) atoms. The number of anilines is 1. The average Bonchev–Trinajstić information content (AvgIpc) is 3.10. The van der Waals surface area contributed by atoms with Crippen LogP contribution in [0.4, 0.5) is 5.69 Å². The van der Waals surface area contributed by atoms with Gasteiger partial charge in [0.25, 0.3) is 0 Å². The van der Waals surface area contributed by atoms with Gasteiger partial charge in [-0.2, -0.15) is 0 Å². The average molecular weight is 453 g/mol. The predicted molar refractivity (Wildman–Crippen MR) is 118 cm³/mol. The number of benzene rings is 1. The zero-order valence-electron chi connectivity index (χ0n) is 15.9. The Bertz CT molecular complexity index is 1130. The van der Waals surface area contributed by atoms with E-state index in [1.807, 2.05) is 23.6 Å². The molecule has 2 heterocycles. The van der Waals surface area contributed by atoms with Gasteiger partial charge in [0, 0.05) is 34.4 Å². The van der Waals surface area contributed by atoms with Crippen molar-refractivity contribution in [3.8, 4) is 21.6 Å². The van der Waals surface area contributed by atoms with Crippen LogP contribution in [0, 0.1) is 0 Å². The highest BCUT2D eigenvalue weighted by molar-refractivity contribution is 7.92. The summed E-state index contributed by atoms with van der Waals surface area (Å²) in [7, 11) is -3.37. The van der Waals surface area contributed by atoms with Gasteiger partial charge in [0.05, 0.1) is 23.5 Å². The number of aliphatic hydroxyl groups excluding tert-OH is 1. The summed E-state index contributed by atoms with van der Waals surface area (Å²) in [5, 5.41) is 21.7. The second kappa shape index (κ2) is 8.41. The van der Waals surface area contributed by atoms with Crippen molar-refractivity contribution < 1.29 is 18.6 Å². The first kappa shape index (κ1) is 21.7. The second-order valence-corrected chi connectivity index (χ2v) is 10.2. The lowest BCUT2D eigenvalue weighted by Gasteiger charge is -2.19. The highest BCUT2D eigenvalue weighted by Gasteiger charge is 2.20. The molecule has 6 nitrogen and oxygen atoms in total. The fourth-order valence-electron chi connectivity index (χ4n) is 2.83. The molecule has 9 heteroatoms. The normalized spacial score (nSPS) is 13.8. The Balaban J connectivity index is 1.86. The van der Waals surface area contributed by atoms with E-state index in [4.69, 9.17) is 11.6 Å². The molecule has 0 amide bonds. The molecule has 1 aromatic carbocycles. The summed E-state index contributed by atoms with van der Waals surface area (Å²) in [6.07, 6.45) is 3.01. The molecule has 0 aliphatic rings.